The van der Waals surface area contributed by atoms with E-state index < -0.39 is 20.8 Å². The molecule has 0 radical (unpaired) electrons. The zero-order valence-electron chi connectivity index (χ0n) is 19.3. The molecule has 4 heteroatoms. The van der Waals surface area contributed by atoms with Gasteiger partial charge in [-0.3, -0.25) is 0 Å². The average Bonchev–Trinajstić information content (AvgIpc) is 3.63. The van der Waals surface area contributed by atoms with Crippen molar-refractivity contribution in [1.82, 2.24) is 4.57 Å². The summed E-state index contributed by atoms with van der Waals surface area (Å²) in [5.74, 6) is 0. The standard InChI is InChI=1S/C22H16N.C9H7.2ClH.Zr/c1-23-21-11-3-2-8-19(21)20-14-16(12-13-22(20)23)18-10-5-7-15-6-4-9-17(15)18;1-2-5-9-7-3-6-8(9)4-1;;;/h2-14H,1H3;1-7H;2*1H;/q2*-1;;;+4/p-2. The fraction of sp³-hybridized carbons (Fsp3) is 0.0323. The molecule has 1 aromatic heterocycles. The Morgan fingerprint density at radius 2 is 1.31 bits per heavy atom. The van der Waals surface area contributed by atoms with Crippen LogP contribution in [0.5, 0.6) is 0 Å². The fourth-order valence-electron chi connectivity index (χ4n) is 4.82. The zero-order chi connectivity index (χ0) is 24.2. The first-order chi connectivity index (χ1) is 17.2. The van der Waals surface area contributed by atoms with Crippen molar-refractivity contribution in [1.29, 1.82) is 0 Å². The van der Waals surface area contributed by atoms with Gasteiger partial charge in [0.15, 0.2) is 0 Å². The van der Waals surface area contributed by atoms with Crippen LogP contribution in [0, 0.1) is 0 Å². The first-order valence-electron chi connectivity index (χ1n) is 11.4. The molecule has 0 fully saturated rings. The number of hydrogen-bond donors (Lipinski definition) is 0. The van der Waals surface area contributed by atoms with Crippen LogP contribution >= 0.6 is 17.0 Å². The molecule has 0 atom stereocenters. The molecular weight excluding hydrogens is 548 g/mol. The SMILES string of the molecule is Cn1c2ccccc2c2cc(-c3cccc4[cH-]ccc34)ccc21.[Cl][Zr+2][Cl].c1ccc2[cH-]ccc2c1. The number of para-hydroxylation sites is 1. The van der Waals surface area contributed by atoms with Gasteiger partial charge < -0.3 is 4.57 Å². The monoisotopic (exact) mass is 569 g/mol. The predicted molar refractivity (Wildman–Crippen MR) is 150 cm³/mol. The van der Waals surface area contributed by atoms with E-state index in [9.17, 15) is 0 Å². The number of aromatic nitrogens is 1. The molecule has 0 unspecified atom stereocenters. The first-order valence-corrected chi connectivity index (χ1v) is 17.7. The largest absolute Gasteiger partial charge is 0.168 e. The van der Waals surface area contributed by atoms with E-state index in [0.717, 1.165) is 0 Å². The Kier molecular flexibility index (Phi) is 7.54. The second-order valence-corrected chi connectivity index (χ2v) is 12.1. The zero-order valence-corrected chi connectivity index (χ0v) is 23.2. The van der Waals surface area contributed by atoms with Gasteiger partial charge in [-0.15, -0.1) is 58.6 Å². The molecule has 0 spiro atoms. The van der Waals surface area contributed by atoms with E-state index in [2.05, 4.69) is 133 Å². The molecule has 0 saturated heterocycles. The Bertz CT molecular complexity index is 1690. The minimum absolute atomic E-state index is 0.826. The Morgan fingerprint density at radius 1 is 0.629 bits per heavy atom. The van der Waals surface area contributed by atoms with E-state index in [-0.39, 0.29) is 0 Å². The fourth-order valence-corrected chi connectivity index (χ4v) is 4.82. The molecule has 0 amide bonds. The molecule has 0 aliphatic carbocycles. The van der Waals surface area contributed by atoms with Gasteiger partial charge in [0, 0.05) is 28.9 Å². The van der Waals surface area contributed by atoms with Gasteiger partial charge in [-0.05, 0) is 23.8 Å². The minimum Gasteiger partial charge on any atom is -0.168 e. The summed E-state index contributed by atoms with van der Waals surface area (Å²) in [7, 11) is 12.0. The molecule has 0 saturated carbocycles. The molecule has 0 N–H and O–H groups in total. The molecule has 35 heavy (non-hydrogen) atoms. The summed E-state index contributed by atoms with van der Waals surface area (Å²) in [4.78, 5) is 0. The number of nitrogens with zero attached hydrogens (tertiary/aromatic N) is 1. The molecule has 0 aliphatic heterocycles. The summed E-state index contributed by atoms with van der Waals surface area (Å²) in [6, 6.07) is 43.2. The van der Waals surface area contributed by atoms with E-state index in [4.69, 9.17) is 17.0 Å². The van der Waals surface area contributed by atoms with Crippen LogP contribution in [0.4, 0.5) is 0 Å². The molecule has 7 rings (SSSR count). The molecule has 1 heterocycles. The van der Waals surface area contributed by atoms with Crippen molar-refractivity contribution < 1.29 is 20.8 Å². The third kappa shape index (κ3) is 4.89. The molecule has 0 bridgehead atoms. The van der Waals surface area contributed by atoms with Crippen LogP contribution in [0.2, 0.25) is 0 Å². The van der Waals surface area contributed by atoms with Crippen molar-refractivity contribution in [3.63, 3.8) is 0 Å². The topological polar surface area (TPSA) is 4.93 Å². The van der Waals surface area contributed by atoms with Gasteiger partial charge in [0.2, 0.25) is 0 Å². The third-order valence-electron chi connectivity index (χ3n) is 6.45. The first kappa shape index (κ1) is 24.1. The van der Waals surface area contributed by atoms with Crippen LogP contribution in [0.1, 0.15) is 0 Å². The Balaban J connectivity index is 0.000000175. The van der Waals surface area contributed by atoms with Crippen molar-refractivity contribution in [3.05, 3.63) is 121 Å². The van der Waals surface area contributed by atoms with Crippen molar-refractivity contribution >= 4 is 60.4 Å². The van der Waals surface area contributed by atoms with Crippen LogP contribution in [-0.2, 0) is 27.9 Å². The second kappa shape index (κ2) is 11.0. The van der Waals surface area contributed by atoms with Crippen molar-refractivity contribution in [2.24, 2.45) is 7.05 Å². The number of hydrogen-bond acceptors (Lipinski definition) is 0. The van der Waals surface area contributed by atoms with Crippen LogP contribution < -0.4 is 0 Å². The quantitative estimate of drug-likeness (QED) is 0.173. The predicted octanol–water partition coefficient (Wildman–Crippen LogP) is 9.81. The minimum atomic E-state index is -0.826. The molecule has 6 aromatic carbocycles. The van der Waals surface area contributed by atoms with E-state index in [1.165, 1.54) is 54.5 Å². The number of aryl methyl sites for hydroxylation is 1. The van der Waals surface area contributed by atoms with Gasteiger partial charge in [-0.25, -0.2) is 0 Å². The summed E-state index contributed by atoms with van der Waals surface area (Å²) in [6.45, 7) is 0. The van der Waals surface area contributed by atoms with Crippen molar-refractivity contribution in [2.75, 3.05) is 0 Å². The maximum Gasteiger partial charge on any atom is -0.0809 e. The Morgan fingerprint density at radius 3 is 2.17 bits per heavy atom. The summed E-state index contributed by atoms with van der Waals surface area (Å²) < 4.78 is 2.28. The maximum atomic E-state index is 4.93. The summed E-state index contributed by atoms with van der Waals surface area (Å²) >= 11 is -0.826. The third-order valence-corrected chi connectivity index (χ3v) is 6.45. The van der Waals surface area contributed by atoms with Crippen molar-refractivity contribution in [2.45, 2.75) is 0 Å². The summed E-state index contributed by atoms with van der Waals surface area (Å²) in [6.07, 6.45) is 0. The van der Waals surface area contributed by atoms with Crippen LogP contribution in [0.15, 0.2) is 121 Å². The van der Waals surface area contributed by atoms with Gasteiger partial charge in [0.1, 0.15) is 0 Å². The second-order valence-electron chi connectivity index (χ2n) is 8.37. The smallest absolute Gasteiger partial charge is 0.0809 e. The van der Waals surface area contributed by atoms with Gasteiger partial charge in [0.05, 0.1) is 0 Å². The number of halogens is 2. The Labute approximate surface area is 223 Å². The van der Waals surface area contributed by atoms with Gasteiger partial charge in [-0.1, -0.05) is 42.0 Å². The van der Waals surface area contributed by atoms with Crippen molar-refractivity contribution in [3.8, 4) is 11.1 Å². The maximum absolute atomic E-state index is 4.93. The van der Waals surface area contributed by atoms with E-state index in [0.29, 0.717) is 0 Å². The normalized spacial score (nSPS) is 10.6. The van der Waals surface area contributed by atoms with Gasteiger partial charge >= 0.3 is 37.9 Å². The Hall–Kier alpha value is -2.64. The van der Waals surface area contributed by atoms with E-state index in [1.54, 1.807) is 0 Å². The summed E-state index contributed by atoms with van der Waals surface area (Å²) in [5.41, 5.74) is 5.16. The van der Waals surface area contributed by atoms with Crippen LogP contribution in [0.25, 0.3) is 54.5 Å². The van der Waals surface area contributed by atoms with E-state index in [1.807, 2.05) is 0 Å². The summed E-state index contributed by atoms with van der Waals surface area (Å²) in [5, 5.41) is 7.94. The molecule has 7 aromatic rings. The number of rotatable bonds is 1. The molecule has 1 nitrogen and oxygen atoms in total. The van der Waals surface area contributed by atoms with Gasteiger partial charge in [0.25, 0.3) is 0 Å². The number of fused-ring (bicyclic) bond motifs is 5. The molecule has 170 valence electrons. The van der Waals surface area contributed by atoms with E-state index >= 15 is 0 Å². The van der Waals surface area contributed by atoms with Crippen LogP contribution in [-0.4, -0.2) is 4.57 Å². The molecule has 0 aliphatic rings. The number of benzene rings is 4. The molecular formula is C31H23Cl2NZr. The average molecular weight is 572 g/mol. The van der Waals surface area contributed by atoms with Crippen LogP contribution in [0.3, 0.4) is 0 Å². The van der Waals surface area contributed by atoms with Gasteiger partial charge in [-0.2, -0.15) is 29.7 Å².